The number of halogens is 1. The summed E-state index contributed by atoms with van der Waals surface area (Å²) in [6.07, 6.45) is 3.30. The van der Waals surface area contributed by atoms with E-state index in [0.29, 0.717) is 11.8 Å². The third-order valence-electron chi connectivity index (χ3n) is 5.44. The maximum Gasteiger partial charge on any atom is 0.0845 e. The van der Waals surface area contributed by atoms with E-state index in [1.165, 1.54) is 23.1 Å². The third-order valence-corrected chi connectivity index (χ3v) is 5.93. The second-order valence-corrected chi connectivity index (χ2v) is 8.81. The molecule has 1 fully saturated rings. The van der Waals surface area contributed by atoms with Gasteiger partial charge in [0.15, 0.2) is 0 Å². The second-order valence-electron chi connectivity index (χ2n) is 8.25. The first-order valence-corrected chi connectivity index (χ1v) is 9.57. The van der Waals surface area contributed by atoms with Gasteiger partial charge in [0.2, 0.25) is 0 Å². The van der Waals surface area contributed by atoms with Gasteiger partial charge < -0.3 is 4.74 Å². The van der Waals surface area contributed by atoms with Gasteiger partial charge in [-0.25, -0.2) is 0 Å². The maximum atomic E-state index is 6.73. The average Bonchev–Trinajstić information content (AvgIpc) is 2.95. The Morgan fingerprint density at radius 1 is 1.08 bits per heavy atom. The summed E-state index contributed by atoms with van der Waals surface area (Å²) in [5.41, 5.74) is 4.23. The summed E-state index contributed by atoms with van der Waals surface area (Å²) in [7, 11) is 3.51. The van der Waals surface area contributed by atoms with E-state index in [1.807, 2.05) is 12.1 Å². The van der Waals surface area contributed by atoms with Gasteiger partial charge in [-0.05, 0) is 59.4 Å². The van der Waals surface area contributed by atoms with Crippen molar-refractivity contribution in [3.05, 3.63) is 72.3 Å². The van der Waals surface area contributed by atoms with E-state index >= 15 is 0 Å². The maximum absolute atomic E-state index is 6.73. The smallest absolute Gasteiger partial charge is 0.0845 e. The van der Waals surface area contributed by atoms with Gasteiger partial charge >= 0.3 is 0 Å². The van der Waals surface area contributed by atoms with Gasteiger partial charge in [0.25, 0.3) is 0 Å². The normalized spacial score (nSPS) is 22.7. The zero-order chi connectivity index (χ0) is 18.0. The van der Waals surface area contributed by atoms with Crippen molar-refractivity contribution < 1.29 is 37.4 Å². The van der Waals surface area contributed by atoms with E-state index in [-0.39, 0.29) is 43.5 Å². The second kappa shape index (κ2) is 9.22. The zero-order valence-electron chi connectivity index (χ0n) is 16.0. The quantitative estimate of drug-likeness (QED) is 0.386. The molecule has 1 nitrogen and oxygen atoms in total. The van der Waals surface area contributed by atoms with Crippen LogP contribution in [0.25, 0.3) is 0 Å². The first kappa shape index (κ1) is 21.9. The summed E-state index contributed by atoms with van der Waals surface area (Å²) in [5.74, 6) is 1.81. The summed E-state index contributed by atoms with van der Waals surface area (Å²) in [4.78, 5) is 0. The molecule has 0 bridgehead atoms. The molecular formula is C23H28ClOY-. The van der Waals surface area contributed by atoms with Crippen LogP contribution in [0.1, 0.15) is 56.2 Å². The molecule has 1 saturated carbocycles. The van der Waals surface area contributed by atoms with Gasteiger partial charge in [0.05, 0.1) is 5.75 Å². The monoisotopic (exact) mass is 444 g/mol. The molecule has 2 aromatic rings. The fourth-order valence-corrected chi connectivity index (χ4v) is 4.49. The van der Waals surface area contributed by atoms with Crippen molar-refractivity contribution in [1.82, 2.24) is 0 Å². The molecule has 26 heavy (non-hydrogen) atoms. The van der Waals surface area contributed by atoms with Crippen molar-refractivity contribution in [2.45, 2.75) is 56.7 Å². The minimum atomic E-state index is 0. The molecule has 0 aromatic heterocycles. The minimum absolute atomic E-state index is 0. The van der Waals surface area contributed by atoms with Crippen LogP contribution in [-0.4, -0.2) is 5.38 Å². The largest absolute Gasteiger partial charge is 0.665 e. The van der Waals surface area contributed by atoms with Crippen molar-refractivity contribution in [2.24, 2.45) is 5.92 Å². The minimum Gasteiger partial charge on any atom is -0.665 e. The van der Waals surface area contributed by atoms with Crippen LogP contribution in [-0.2, 0) is 44.5 Å². The molecule has 3 rings (SSSR count). The van der Waals surface area contributed by atoms with E-state index < -0.39 is 0 Å². The molecule has 0 saturated heterocycles. The summed E-state index contributed by atoms with van der Waals surface area (Å²) in [6.45, 7) is 6.76. The number of hydrogen-bond donors (Lipinski definition) is 0. The van der Waals surface area contributed by atoms with E-state index in [2.05, 4.69) is 64.3 Å². The first-order chi connectivity index (χ1) is 11.9. The molecule has 0 aliphatic heterocycles. The Labute approximate surface area is 188 Å². The third kappa shape index (κ3) is 5.12. The topological polar surface area (TPSA) is 9.23 Å². The molecule has 1 aliphatic carbocycles. The zero-order valence-corrected chi connectivity index (χ0v) is 19.6. The molecule has 1 aliphatic rings. The van der Waals surface area contributed by atoms with Crippen LogP contribution >= 0.6 is 11.6 Å². The predicted molar refractivity (Wildman–Crippen MR) is 106 cm³/mol. The van der Waals surface area contributed by atoms with E-state index in [0.717, 1.165) is 18.6 Å². The van der Waals surface area contributed by atoms with Crippen molar-refractivity contribution >= 4 is 11.6 Å². The fourth-order valence-electron chi connectivity index (χ4n) is 4.01. The van der Waals surface area contributed by atoms with E-state index in [4.69, 9.17) is 16.3 Å². The fraction of sp³-hybridized carbons (Fsp3) is 0.435. The summed E-state index contributed by atoms with van der Waals surface area (Å²) in [5, 5.41) is 0.220. The van der Waals surface area contributed by atoms with Gasteiger partial charge in [-0.2, -0.15) is 7.11 Å². The summed E-state index contributed by atoms with van der Waals surface area (Å²) >= 11 is 6.73. The molecule has 0 heterocycles. The van der Waals surface area contributed by atoms with Crippen LogP contribution in [0.5, 0.6) is 5.75 Å². The standard InChI is InChI=1S/C23H28ClO.Y/c1-23(2,3)19-11-8-17(9-12-19)22-18(10-13-21(22)24)14-16-6-5-7-20(15-16)25-4;/h5-9,11-12,15,18,21-22H,4,10,13-14H2,1-3H3;/q-1;. The number of ether oxygens (including phenoxy) is 1. The van der Waals surface area contributed by atoms with Gasteiger partial charge in [-0.1, -0.05) is 57.2 Å². The van der Waals surface area contributed by atoms with Crippen molar-refractivity contribution in [3.63, 3.8) is 0 Å². The van der Waals surface area contributed by atoms with Gasteiger partial charge in [-0.3, -0.25) is 0 Å². The van der Waals surface area contributed by atoms with E-state index in [9.17, 15) is 0 Å². The summed E-state index contributed by atoms with van der Waals surface area (Å²) in [6, 6.07) is 17.4. The Morgan fingerprint density at radius 3 is 2.38 bits per heavy atom. The number of hydrogen-bond acceptors (Lipinski definition) is 1. The molecule has 2 aromatic carbocycles. The number of alkyl halides is 1. The molecule has 0 amide bonds. The first-order valence-electron chi connectivity index (χ1n) is 9.14. The molecule has 1 radical (unpaired) electrons. The van der Waals surface area contributed by atoms with E-state index in [1.54, 1.807) is 0 Å². The Balaban J connectivity index is 0.00000243. The van der Waals surface area contributed by atoms with Gasteiger partial charge in [-0.15, -0.1) is 11.6 Å². The number of rotatable bonds is 4. The van der Waals surface area contributed by atoms with Crippen LogP contribution in [0.4, 0.5) is 0 Å². The Kier molecular flexibility index (Phi) is 7.78. The average molecular weight is 445 g/mol. The van der Waals surface area contributed by atoms with Crippen LogP contribution in [0.3, 0.4) is 0 Å². The number of benzene rings is 2. The molecule has 137 valence electrons. The summed E-state index contributed by atoms with van der Waals surface area (Å²) < 4.78 is 5.12. The molecule has 0 N–H and O–H groups in total. The molecule has 3 atom stereocenters. The molecule has 3 heteroatoms. The van der Waals surface area contributed by atoms with Crippen LogP contribution in [0.15, 0.2) is 48.5 Å². The van der Waals surface area contributed by atoms with Crippen molar-refractivity contribution in [1.29, 1.82) is 0 Å². The predicted octanol–water partition coefficient (Wildman–Crippen LogP) is 6.50. The van der Waals surface area contributed by atoms with Crippen molar-refractivity contribution in [2.75, 3.05) is 0 Å². The Hall–Kier alpha value is -0.366. The molecule has 3 unspecified atom stereocenters. The van der Waals surface area contributed by atoms with Crippen LogP contribution < -0.4 is 4.74 Å². The van der Waals surface area contributed by atoms with Gasteiger partial charge in [0.1, 0.15) is 0 Å². The molecular weight excluding hydrogens is 417 g/mol. The Bertz CT molecular complexity index is 705. The van der Waals surface area contributed by atoms with Gasteiger partial charge in [0, 0.05) is 44.0 Å². The van der Waals surface area contributed by atoms with Crippen molar-refractivity contribution in [3.8, 4) is 5.75 Å². The SMILES string of the molecule is [CH2-]Oc1cccc(CC2CCC(Cl)C2c2ccc(C(C)(C)C)cc2)c1.[Y]. The van der Waals surface area contributed by atoms with Crippen LogP contribution in [0, 0.1) is 13.0 Å². The van der Waals surface area contributed by atoms with Crippen LogP contribution in [0.2, 0.25) is 0 Å². The Morgan fingerprint density at radius 2 is 1.77 bits per heavy atom. The molecule has 0 spiro atoms.